The van der Waals surface area contributed by atoms with E-state index in [1.54, 1.807) is 0 Å². The maximum Gasteiger partial charge on any atom is 0.152 e. The Kier molecular flexibility index (Phi) is 3.11. The van der Waals surface area contributed by atoms with Crippen LogP contribution in [0, 0.1) is 0 Å². The van der Waals surface area contributed by atoms with Gasteiger partial charge in [-0.1, -0.05) is 35.9 Å². The maximum atomic E-state index is 11.4. The van der Waals surface area contributed by atoms with Crippen molar-refractivity contribution in [2.45, 2.75) is 12.5 Å². The lowest BCUT2D eigenvalue weighted by Crippen LogP contribution is -2.21. The van der Waals surface area contributed by atoms with Crippen molar-refractivity contribution in [2.24, 2.45) is 0 Å². The minimum Gasteiger partial charge on any atom is -0.366 e. The highest BCUT2D eigenvalue weighted by Crippen LogP contribution is 2.25. The molecule has 1 saturated heterocycles. The van der Waals surface area contributed by atoms with E-state index in [0.717, 1.165) is 10.8 Å². The fourth-order valence-corrected chi connectivity index (χ4v) is 4.28. The highest BCUT2D eigenvalue weighted by molar-refractivity contribution is 7.91. The Balaban J connectivity index is 1.90. The Hall–Kier alpha value is -1.33. The van der Waals surface area contributed by atoms with Crippen molar-refractivity contribution in [1.82, 2.24) is 4.98 Å². The van der Waals surface area contributed by atoms with E-state index in [1.165, 1.54) is 0 Å². The number of nitrogens with one attached hydrogen (secondary N) is 1. The normalized spacial score (nSPS) is 21.6. The highest BCUT2D eigenvalue weighted by Gasteiger charge is 2.28. The molecular weight excluding hydrogens is 284 g/mol. The molecule has 2 aromatic rings. The van der Waals surface area contributed by atoms with Crippen LogP contribution < -0.4 is 5.32 Å². The molecule has 0 saturated carbocycles. The molecule has 1 aromatic carbocycles. The van der Waals surface area contributed by atoms with E-state index in [0.29, 0.717) is 17.4 Å². The summed E-state index contributed by atoms with van der Waals surface area (Å²) in [5.41, 5.74) is 0. The Bertz CT molecular complexity index is 731. The monoisotopic (exact) mass is 296 g/mol. The molecule has 1 N–H and O–H groups in total. The number of nitrogens with zero attached hydrogens (tertiary/aromatic N) is 1. The molecule has 0 spiro atoms. The highest BCUT2D eigenvalue weighted by atomic mass is 35.5. The number of benzene rings is 1. The molecule has 4 nitrogen and oxygen atoms in total. The molecule has 1 aliphatic rings. The van der Waals surface area contributed by atoms with Gasteiger partial charge in [0.1, 0.15) is 11.0 Å². The van der Waals surface area contributed by atoms with E-state index in [9.17, 15) is 8.42 Å². The van der Waals surface area contributed by atoms with Crippen molar-refractivity contribution < 1.29 is 8.42 Å². The number of aromatic nitrogens is 1. The van der Waals surface area contributed by atoms with Crippen molar-refractivity contribution in [3.05, 3.63) is 35.5 Å². The molecule has 1 aliphatic heterocycles. The first-order valence-corrected chi connectivity index (χ1v) is 8.26. The van der Waals surface area contributed by atoms with E-state index < -0.39 is 9.84 Å². The average Bonchev–Trinajstić information content (AvgIpc) is 2.69. The van der Waals surface area contributed by atoms with Crippen molar-refractivity contribution in [2.75, 3.05) is 16.8 Å². The van der Waals surface area contributed by atoms with Gasteiger partial charge in [-0.15, -0.1) is 0 Å². The average molecular weight is 297 g/mol. The number of halogens is 1. The number of hydrogen-bond acceptors (Lipinski definition) is 4. The topological polar surface area (TPSA) is 59.1 Å². The molecule has 100 valence electrons. The Morgan fingerprint density at radius 3 is 2.84 bits per heavy atom. The van der Waals surface area contributed by atoms with Crippen LogP contribution in [0.4, 0.5) is 5.82 Å². The Morgan fingerprint density at radius 2 is 2.11 bits per heavy atom. The lowest BCUT2D eigenvalue weighted by atomic mass is 10.2. The molecule has 19 heavy (non-hydrogen) atoms. The van der Waals surface area contributed by atoms with E-state index in [-0.39, 0.29) is 17.5 Å². The SMILES string of the molecule is O=S1(=O)CC[C@H](Nc2cc3ccccc3c(Cl)n2)C1. The van der Waals surface area contributed by atoms with Gasteiger partial charge in [-0.3, -0.25) is 0 Å². The summed E-state index contributed by atoms with van der Waals surface area (Å²) in [6.45, 7) is 0. The number of fused-ring (bicyclic) bond motifs is 1. The van der Waals surface area contributed by atoms with Gasteiger partial charge in [-0.2, -0.15) is 0 Å². The van der Waals surface area contributed by atoms with Gasteiger partial charge >= 0.3 is 0 Å². The summed E-state index contributed by atoms with van der Waals surface area (Å²) in [6, 6.07) is 9.53. The molecule has 3 rings (SSSR count). The van der Waals surface area contributed by atoms with E-state index in [4.69, 9.17) is 11.6 Å². The van der Waals surface area contributed by atoms with Gasteiger partial charge in [-0.05, 0) is 17.9 Å². The summed E-state index contributed by atoms with van der Waals surface area (Å²) in [5.74, 6) is 1.04. The predicted molar refractivity (Wildman–Crippen MR) is 77.4 cm³/mol. The molecule has 1 atom stereocenters. The third-order valence-electron chi connectivity index (χ3n) is 3.28. The van der Waals surface area contributed by atoms with Crippen LogP contribution in [0.1, 0.15) is 6.42 Å². The molecule has 2 heterocycles. The third-order valence-corrected chi connectivity index (χ3v) is 5.33. The molecule has 6 heteroatoms. The van der Waals surface area contributed by atoms with Crippen LogP contribution in [0.25, 0.3) is 10.8 Å². The second kappa shape index (κ2) is 4.65. The summed E-state index contributed by atoms with van der Waals surface area (Å²) < 4.78 is 22.8. The molecule has 1 aromatic heterocycles. The summed E-state index contributed by atoms with van der Waals surface area (Å²) in [5, 5.41) is 5.48. The lowest BCUT2D eigenvalue weighted by Gasteiger charge is -2.12. The van der Waals surface area contributed by atoms with Gasteiger partial charge in [0.15, 0.2) is 9.84 Å². The summed E-state index contributed by atoms with van der Waals surface area (Å²) in [7, 11) is -2.89. The number of sulfone groups is 1. The fraction of sp³-hybridized carbons (Fsp3) is 0.308. The van der Waals surface area contributed by atoms with Crippen molar-refractivity contribution >= 4 is 38.0 Å². The van der Waals surface area contributed by atoms with Crippen LogP contribution in [0.15, 0.2) is 30.3 Å². The van der Waals surface area contributed by atoms with Crippen LogP contribution in [-0.2, 0) is 9.84 Å². The van der Waals surface area contributed by atoms with Gasteiger partial charge in [0.05, 0.1) is 11.5 Å². The van der Waals surface area contributed by atoms with E-state index >= 15 is 0 Å². The molecule has 1 fully saturated rings. The molecule has 0 aliphatic carbocycles. The van der Waals surface area contributed by atoms with Crippen LogP contribution in [0.3, 0.4) is 0 Å². The number of hydrogen-bond donors (Lipinski definition) is 1. The first-order valence-electron chi connectivity index (χ1n) is 6.06. The van der Waals surface area contributed by atoms with Gasteiger partial charge in [0.2, 0.25) is 0 Å². The largest absolute Gasteiger partial charge is 0.366 e. The first-order chi connectivity index (χ1) is 9.03. The number of anilines is 1. The third kappa shape index (κ3) is 2.67. The quantitative estimate of drug-likeness (QED) is 0.865. The lowest BCUT2D eigenvalue weighted by molar-refractivity contribution is 0.602. The van der Waals surface area contributed by atoms with Gasteiger partial charge < -0.3 is 5.32 Å². The Labute approximate surface area is 116 Å². The zero-order valence-electron chi connectivity index (χ0n) is 10.1. The number of rotatable bonds is 2. The first kappa shape index (κ1) is 12.7. The van der Waals surface area contributed by atoms with Gasteiger partial charge in [-0.25, -0.2) is 13.4 Å². The smallest absolute Gasteiger partial charge is 0.152 e. The minimum absolute atomic E-state index is 0.0743. The molecule has 0 amide bonds. The summed E-state index contributed by atoms with van der Waals surface area (Å²) in [6.07, 6.45) is 0.620. The summed E-state index contributed by atoms with van der Waals surface area (Å²) in [4.78, 5) is 4.27. The van der Waals surface area contributed by atoms with Gasteiger partial charge in [0, 0.05) is 11.4 Å². The maximum absolute atomic E-state index is 11.4. The van der Waals surface area contributed by atoms with Crippen LogP contribution in [0.5, 0.6) is 0 Å². The molecule has 0 bridgehead atoms. The van der Waals surface area contributed by atoms with Crippen molar-refractivity contribution in [3.8, 4) is 0 Å². The molecular formula is C13H13ClN2O2S. The standard InChI is InChI=1S/C13H13ClN2O2S/c14-13-11-4-2-1-3-9(11)7-12(16-13)15-10-5-6-19(17,18)8-10/h1-4,7,10H,5-6,8H2,(H,15,16)/t10-/m0/s1. The van der Waals surface area contributed by atoms with E-state index in [1.807, 2.05) is 30.3 Å². The van der Waals surface area contributed by atoms with Crippen LogP contribution in [-0.4, -0.2) is 30.9 Å². The van der Waals surface area contributed by atoms with E-state index in [2.05, 4.69) is 10.3 Å². The second-order valence-electron chi connectivity index (χ2n) is 4.76. The zero-order valence-corrected chi connectivity index (χ0v) is 11.7. The Morgan fingerprint density at radius 1 is 1.32 bits per heavy atom. The summed E-state index contributed by atoms with van der Waals surface area (Å²) >= 11 is 6.13. The fourth-order valence-electron chi connectivity index (χ4n) is 2.35. The van der Waals surface area contributed by atoms with Crippen molar-refractivity contribution in [1.29, 1.82) is 0 Å². The molecule has 0 radical (unpaired) electrons. The van der Waals surface area contributed by atoms with Crippen molar-refractivity contribution in [3.63, 3.8) is 0 Å². The number of pyridine rings is 1. The molecule has 0 unspecified atom stereocenters. The van der Waals surface area contributed by atoms with Crippen LogP contribution in [0.2, 0.25) is 5.15 Å². The predicted octanol–water partition coefficient (Wildman–Crippen LogP) is 2.49. The van der Waals surface area contributed by atoms with Crippen LogP contribution >= 0.6 is 11.6 Å². The second-order valence-corrected chi connectivity index (χ2v) is 7.35. The van der Waals surface area contributed by atoms with Gasteiger partial charge in [0.25, 0.3) is 0 Å². The zero-order chi connectivity index (χ0) is 13.5. The minimum atomic E-state index is -2.89.